The van der Waals surface area contributed by atoms with Crippen LogP contribution in [0.3, 0.4) is 0 Å². The van der Waals surface area contributed by atoms with Crippen molar-refractivity contribution in [1.82, 2.24) is 5.32 Å². The first-order chi connectivity index (χ1) is 24.3. The van der Waals surface area contributed by atoms with Gasteiger partial charge in [-0.05, 0) is 44.9 Å². The minimum atomic E-state index is -4.34. The average molecular weight is 726 g/mol. The molecule has 0 spiro atoms. The van der Waals surface area contributed by atoms with Gasteiger partial charge in [-0.3, -0.25) is 9.35 Å². The molecule has 0 radical (unpaired) electrons. The van der Waals surface area contributed by atoms with E-state index in [2.05, 4.69) is 31.3 Å². The monoisotopic (exact) mass is 726 g/mol. The molecule has 6 nitrogen and oxygen atoms in total. The van der Waals surface area contributed by atoms with Crippen molar-refractivity contribution in [2.24, 2.45) is 0 Å². The molecule has 0 aliphatic rings. The van der Waals surface area contributed by atoms with E-state index in [4.69, 9.17) is 0 Å². The van der Waals surface area contributed by atoms with Gasteiger partial charge in [-0.25, -0.2) is 0 Å². The molecule has 3 N–H and O–H groups in total. The lowest BCUT2D eigenvalue weighted by Crippen LogP contribution is -2.46. The Morgan fingerprint density at radius 3 is 1.20 bits per heavy atom. The Morgan fingerprint density at radius 2 is 0.840 bits per heavy atom. The predicted octanol–water partition coefficient (Wildman–Crippen LogP) is 12.7. The Hall–Kier alpha value is -1.18. The molecule has 2 atom stereocenters. The van der Waals surface area contributed by atoms with Gasteiger partial charge in [0.1, 0.15) is 0 Å². The third-order valence-corrected chi connectivity index (χ3v) is 10.7. The highest BCUT2D eigenvalue weighted by Gasteiger charge is 2.24. The molecule has 0 rings (SSSR count). The number of allylic oxidation sites excluding steroid dienone is 3. The van der Waals surface area contributed by atoms with Crippen LogP contribution in [-0.2, 0) is 14.9 Å². The van der Waals surface area contributed by atoms with Gasteiger partial charge >= 0.3 is 0 Å². The topological polar surface area (TPSA) is 104 Å². The molecular weight excluding hydrogens is 643 g/mol. The zero-order valence-electron chi connectivity index (χ0n) is 33.0. The number of aliphatic hydroxyl groups excluding tert-OH is 1. The van der Waals surface area contributed by atoms with Gasteiger partial charge in [0.2, 0.25) is 5.91 Å². The smallest absolute Gasteiger partial charge is 0.267 e. The van der Waals surface area contributed by atoms with Crippen LogP contribution >= 0.6 is 0 Å². The van der Waals surface area contributed by atoms with Crippen molar-refractivity contribution in [1.29, 1.82) is 0 Å². The highest BCUT2D eigenvalue weighted by Crippen LogP contribution is 2.15. The summed E-state index contributed by atoms with van der Waals surface area (Å²) in [6.07, 6.45) is 47.4. The quantitative estimate of drug-likeness (QED) is 0.0332. The van der Waals surface area contributed by atoms with E-state index in [1.54, 1.807) is 6.08 Å². The highest BCUT2D eigenvalue weighted by molar-refractivity contribution is 7.85. The SMILES string of the molecule is CCCCCCCCCC/C=C\CCCCCCCCCCCCCC(=O)NC(CS(=O)(=O)O)C(O)/C=C/CCCCCCCCCCCC. The number of hydrogen-bond donors (Lipinski definition) is 3. The maximum Gasteiger partial charge on any atom is 0.267 e. The van der Waals surface area contributed by atoms with Crippen LogP contribution in [0.5, 0.6) is 0 Å². The Labute approximate surface area is 311 Å². The van der Waals surface area contributed by atoms with Crippen LogP contribution in [0.15, 0.2) is 24.3 Å². The third kappa shape index (κ3) is 38.1. The summed E-state index contributed by atoms with van der Waals surface area (Å²) < 4.78 is 32.4. The zero-order chi connectivity index (χ0) is 36.8. The van der Waals surface area contributed by atoms with Gasteiger partial charge in [0.25, 0.3) is 10.1 Å². The first kappa shape index (κ1) is 48.8. The van der Waals surface area contributed by atoms with Crippen LogP contribution in [0, 0.1) is 0 Å². The second kappa shape index (κ2) is 37.6. The van der Waals surface area contributed by atoms with Crippen LogP contribution < -0.4 is 5.32 Å². The van der Waals surface area contributed by atoms with Gasteiger partial charge in [0.15, 0.2) is 0 Å². The second-order valence-corrected chi connectivity index (χ2v) is 16.5. The first-order valence-corrected chi connectivity index (χ1v) is 23.1. The van der Waals surface area contributed by atoms with E-state index in [-0.39, 0.29) is 5.91 Å². The van der Waals surface area contributed by atoms with Gasteiger partial charge in [0, 0.05) is 6.42 Å². The summed E-state index contributed by atoms with van der Waals surface area (Å²) in [4.78, 5) is 12.5. The van der Waals surface area contributed by atoms with Gasteiger partial charge in [-0.1, -0.05) is 199 Å². The summed E-state index contributed by atoms with van der Waals surface area (Å²) >= 11 is 0. The summed E-state index contributed by atoms with van der Waals surface area (Å²) in [7, 11) is -4.34. The molecule has 7 heteroatoms. The number of nitrogens with one attached hydrogen (secondary N) is 1. The molecule has 2 unspecified atom stereocenters. The number of amides is 1. The molecule has 0 saturated carbocycles. The fourth-order valence-corrected chi connectivity index (χ4v) is 7.36. The molecule has 0 aromatic heterocycles. The Bertz CT molecular complexity index is 888. The van der Waals surface area contributed by atoms with Gasteiger partial charge < -0.3 is 10.4 Å². The third-order valence-electron chi connectivity index (χ3n) is 9.87. The Morgan fingerprint density at radius 1 is 0.520 bits per heavy atom. The maximum absolute atomic E-state index is 12.5. The molecule has 0 aliphatic heterocycles. The molecule has 0 saturated heterocycles. The number of unbranched alkanes of at least 4 members (excludes halogenated alkanes) is 29. The zero-order valence-corrected chi connectivity index (χ0v) is 33.8. The van der Waals surface area contributed by atoms with Crippen molar-refractivity contribution in [2.75, 3.05) is 5.75 Å². The van der Waals surface area contributed by atoms with E-state index in [9.17, 15) is 22.9 Å². The van der Waals surface area contributed by atoms with Crippen LogP contribution in [0.2, 0.25) is 0 Å². The summed E-state index contributed by atoms with van der Waals surface area (Å²) in [5.41, 5.74) is 0. The standard InChI is InChI=1S/C43H83NO5S/c1-3-5-7-9-11-13-15-17-18-19-20-21-22-23-24-25-26-27-29-31-33-35-37-39-43(46)44-41(40-50(47,48)49)42(45)38-36-34-32-30-28-16-14-12-10-8-6-4-2/h19-20,36,38,41-42,45H,3-18,21-35,37,39-40H2,1-2H3,(H,44,46)(H,47,48,49)/b20-19-,38-36+. The van der Waals surface area contributed by atoms with Gasteiger partial charge in [0.05, 0.1) is 17.9 Å². The summed E-state index contributed by atoms with van der Waals surface area (Å²) in [5.74, 6) is -0.973. The fourth-order valence-electron chi connectivity index (χ4n) is 6.62. The second-order valence-electron chi connectivity index (χ2n) is 15.0. The molecule has 0 bridgehead atoms. The van der Waals surface area contributed by atoms with Gasteiger partial charge in [-0.15, -0.1) is 0 Å². The number of hydrogen-bond acceptors (Lipinski definition) is 4. The molecule has 50 heavy (non-hydrogen) atoms. The molecule has 1 amide bonds. The number of carbonyl (C=O) groups is 1. The molecule has 0 heterocycles. The van der Waals surface area contributed by atoms with E-state index in [1.807, 2.05) is 6.08 Å². The fraction of sp³-hybridized carbons (Fsp3) is 0.884. The van der Waals surface area contributed by atoms with Crippen molar-refractivity contribution in [3.05, 3.63) is 24.3 Å². The average Bonchev–Trinajstić information content (AvgIpc) is 3.08. The molecule has 296 valence electrons. The van der Waals surface area contributed by atoms with E-state index in [0.717, 1.165) is 38.5 Å². The van der Waals surface area contributed by atoms with Crippen LogP contribution in [0.25, 0.3) is 0 Å². The van der Waals surface area contributed by atoms with Gasteiger partial charge in [-0.2, -0.15) is 8.42 Å². The van der Waals surface area contributed by atoms with Crippen molar-refractivity contribution >= 4 is 16.0 Å². The number of carbonyl (C=O) groups excluding carboxylic acids is 1. The van der Waals surface area contributed by atoms with Crippen molar-refractivity contribution in [3.63, 3.8) is 0 Å². The molecule has 0 fully saturated rings. The number of aliphatic hydroxyl groups is 1. The van der Waals surface area contributed by atoms with Crippen LogP contribution in [0.4, 0.5) is 0 Å². The lowest BCUT2D eigenvalue weighted by Gasteiger charge is -2.21. The van der Waals surface area contributed by atoms with Crippen molar-refractivity contribution in [2.45, 2.75) is 238 Å². The molecule has 0 aromatic rings. The Kier molecular flexibility index (Phi) is 36.7. The van der Waals surface area contributed by atoms with E-state index < -0.39 is 28.0 Å². The summed E-state index contributed by atoms with van der Waals surface area (Å²) in [5, 5.41) is 13.2. The van der Waals surface area contributed by atoms with E-state index in [1.165, 1.54) is 167 Å². The first-order valence-electron chi connectivity index (χ1n) is 21.5. The number of rotatable bonds is 39. The minimum Gasteiger partial charge on any atom is -0.387 e. The lowest BCUT2D eigenvalue weighted by molar-refractivity contribution is -0.122. The predicted molar refractivity (Wildman–Crippen MR) is 216 cm³/mol. The largest absolute Gasteiger partial charge is 0.387 e. The van der Waals surface area contributed by atoms with Crippen molar-refractivity contribution < 1.29 is 22.9 Å². The van der Waals surface area contributed by atoms with Crippen LogP contribution in [0.1, 0.15) is 226 Å². The van der Waals surface area contributed by atoms with Crippen LogP contribution in [-0.4, -0.2) is 41.9 Å². The van der Waals surface area contributed by atoms with Crippen molar-refractivity contribution in [3.8, 4) is 0 Å². The maximum atomic E-state index is 12.5. The highest BCUT2D eigenvalue weighted by atomic mass is 32.2. The van der Waals surface area contributed by atoms with E-state index >= 15 is 0 Å². The molecule has 0 aliphatic carbocycles. The lowest BCUT2D eigenvalue weighted by atomic mass is 10.0. The molecular formula is C43H83NO5S. The van der Waals surface area contributed by atoms with E-state index in [0.29, 0.717) is 6.42 Å². The normalized spacial score (nSPS) is 13.4. The summed E-state index contributed by atoms with van der Waals surface area (Å²) in [6, 6.07) is -1.05. The molecule has 0 aromatic carbocycles. The summed E-state index contributed by atoms with van der Waals surface area (Å²) in [6.45, 7) is 4.52. The minimum absolute atomic E-state index is 0.278. The Balaban J connectivity index is 3.80.